The van der Waals surface area contributed by atoms with Crippen LogP contribution in [0.2, 0.25) is 0 Å². The molecule has 0 atom stereocenters. The normalized spacial score (nSPS) is 6.12. The Labute approximate surface area is 60.2 Å². The second kappa shape index (κ2) is 9.83. The highest BCUT2D eigenvalue weighted by molar-refractivity contribution is 14.1. The summed E-state index contributed by atoms with van der Waals surface area (Å²) in [7, 11) is 0. The molecule has 0 saturated heterocycles. The molecule has 8 heavy (non-hydrogen) atoms. The molecule has 0 aliphatic carbocycles. The van der Waals surface area contributed by atoms with Crippen LogP contribution in [0.3, 0.4) is 0 Å². The highest BCUT2D eigenvalue weighted by Crippen LogP contribution is 1.67. The van der Waals surface area contributed by atoms with Gasteiger partial charge in [0.25, 0.3) is 0 Å². The second-order valence-electron chi connectivity index (χ2n) is 0.659. The number of nitrogens with two attached hydrogens (primary N) is 1. The molecule has 0 aliphatic heterocycles. The van der Waals surface area contributed by atoms with Crippen molar-refractivity contribution in [3.63, 3.8) is 0 Å². The summed E-state index contributed by atoms with van der Waals surface area (Å²) in [6.07, 6.45) is -0.472. The summed E-state index contributed by atoms with van der Waals surface area (Å²) in [6, 6.07) is 0. The van der Waals surface area contributed by atoms with Crippen molar-refractivity contribution in [2.24, 2.45) is 5.73 Å². The lowest BCUT2D eigenvalue weighted by atomic mass is 11.0. The molecule has 0 aromatic carbocycles. The van der Waals surface area contributed by atoms with Crippen LogP contribution in [0.15, 0.2) is 0 Å². The maximum Gasteiger partial charge on any atom is 0.402 e. The Kier molecular flexibility index (Phi) is 13.0. The number of alkyl halides is 1. The van der Waals surface area contributed by atoms with Crippen molar-refractivity contribution in [1.82, 2.24) is 0 Å². The summed E-state index contributed by atoms with van der Waals surface area (Å²) in [5.74, 6) is 0. The average molecular weight is 231 g/mol. The van der Waals surface area contributed by atoms with Gasteiger partial charge in [0.1, 0.15) is 6.29 Å². The van der Waals surface area contributed by atoms with Crippen molar-refractivity contribution < 1.29 is 14.7 Å². The van der Waals surface area contributed by atoms with Gasteiger partial charge in [0.15, 0.2) is 0 Å². The number of hydrogen-bond donors (Lipinski definition) is 2. The van der Waals surface area contributed by atoms with Crippen LogP contribution in [-0.2, 0) is 4.79 Å². The number of carbonyl (C=O) groups is 2. The molecule has 1 amide bonds. The van der Waals surface area contributed by atoms with Crippen molar-refractivity contribution in [3.8, 4) is 0 Å². The fourth-order valence-corrected chi connectivity index (χ4v) is 0. The first-order chi connectivity index (χ1) is 3.65. The van der Waals surface area contributed by atoms with Gasteiger partial charge in [-0.1, -0.05) is 22.6 Å². The summed E-state index contributed by atoms with van der Waals surface area (Å²) < 4.78 is 0.609. The largest absolute Gasteiger partial charge is 0.465 e. The van der Waals surface area contributed by atoms with E-state index in [0.717, 1.165) is 6.29 Å². The Bertz CT molecular complexity index is 70.9. The summed E-state index contributed by atoms with van der Waals surface area (Å²) >= 11 is 1.98. The van der Waals surface area contributed by atoms with E-state index in [1.165, 1.54) is 0 Å². The Balaban J connectivity index is 0. The summed E-state index contributed by atoms with van der Waals surface area (Å²) in [5, 5.41) is 7.19. The standard InChI is InChI=1S/C2H3IO.CH3NO2/c3-1-2-4;2-1(3)4/h2H,1H2;2H2,(H,3,4). The van der Waals surface area contributed by atoms with Crippen LogP contribution >= 0.6 is 22.6 Å². The third-order valence-electron chi connectivity index (χ3n) is 0.0630. The smallest absolute Gasteiger partial charge is 0.402 e. The zero-order chi connectivity index (χ0) is 6.99. The molecule has 48 valence electrons. The van der Waals surface area contributed by atoms with E-state index in [4.69, 9.17) is 14.7 Å². The van der Waals surface area contributed by atoms with Gasteiger partial charge in [-0.15, -0.1) is 0 Å². The van der Waals surface area contributed by atoms with Gasteiger partial charge in [-0.05, 0) is 0 Å². The molecule has 0 fully saturated rings. The molecule has 4 nitrogen and oxygen atoms in total. The van der Waals surface area contributed by atoms with Crippen molar-refractivity contribution in [3.05, 3.63) is 0 Å². The molecule has 5 heteroatoms. The first-order valence-electron chi connectivity index (χ1n) is 1.63. The number of amides is 1. The first kappa shape index (κ1) is 10.6. The number of carboxylic acid groups (broad SMARTS) is 1. The monoisotopic (exact) mass is 231 g/mol. The molecule has 0 heterocycles. The molecule has 0 radical (unpaired) electrons. The lowest BCUT2D eigenvalue weighted by Gasteiger charge is -1.61. The minimum absolute atomic E-state index is 0.609. The SMILES string of the molecule is NC(=O)O.O=CCI. The van der Waals surface area contributed by atoms with Gasteiger partial charge in [0.2, 0.25) is 0 Å². The summed E-state index contributed by atoms with van der Waals surface area (Å²) in [4.78, 5) is 17.9. The summed E-state index contributed by atoms with van der Waals surface area (Å²) in [5.41, 5.74) is 4.03. The molecule has 0 aromatic rings. The topological polar surface area (TPSA) is 80.4 Å². The molecular weight excluding hydrogens is 225 g/mol. The van der Waals surface area contributed by atoms with E-state index in [9.17, 15) is 0 Å². The van der Waals surface area contributed by atoms with E-state index in [0.29, 0.717) is 4.43 Å². The highest BCUT2D eigenvalue weighted by Gasteiger charge is 1.65. The van der Waals surface area contributed by atoms with Gasteiger partial charge in [-0.2, -0.15) is 0 Å². The van der Waals surface area contributed by atoms with Crippen LogP contribution in [0.4, 0.5) is 4.79 Å². The number of hydrogen-bond acceptors (Lipinski definition) is 2. The van der Waals surface area contributed by atoms with E-state index in [-0.39, 0.29) is 0 Å². The van der Waals surface area contributed by atoms with E-state index < -0.39 is 6.09 Å². The predicted molar refractivity (Wildman–Crippen MR) is 37.2 cm³/mol. The lowest BCUT2D eigenvalue weighted by molar-refractivity contribution is -0.105. The third-order valence-corrected chi connectivity index (χ3v) is 0.423. The maximum absolute atomic E-state index is 9.17. The molecule has 0 aromatic heterocycles. The third kappa shape index (κ3) is 275. The Morgan fingerprint density at radius 2 is 2.00 bits per heavy atom. The minimum atomic E-state index is -1.33. The van der Waals surface area contributed by atoms with Gasteiger partial charge in [-0.3, -0.25) is 0 Å². The van der Waals surface area contributed by atoms with Gasteiger partial charge in [-0.25, -0.2) is 4.79 Å². The molecule has 0 aliphatic rings. The van der Waals surface area contributed by atoms with Crippen molar-refractivity contribution in [1.29, 1.82) is 0 Å². The zero-order valence-corrected chi connectivity index (χ0v) is 6.16. The quantitative estimate of drug-likeness (QED) is 0.385. The number of halogens is 1. The van der Waals surface area contributed by atoms with Crippen LogP contribution in [0.1, 0.15) is 0 Å². The second-order valence-corrected chi connectivity index (χ2v) is 1.54. The number of primary amides is 1. The molecule has 3 N–H and O–H groups in total. The molecule has 0 saturated carbocycles. The predicted octanol–water partition coefficient (Wildman–Crippen LogP) is 0.243. The van der Waals surface area contributed by atoms with Crippen LogP contribution < -0.4 is 5.73 Å². The Hall–Kier alpha value is -0.330. The van der Waals surface area contributed by atoms with E-state index in [2.05, 4.69) is 5.73 Å². The molecule has 0 bridgehead atoms. The minimum Gasteiger partial charge on any atom is -0.465 e. The fraction of sp³-hybridized carbons (Fsp3) is 0.333. The number of rotatable bonds is 1. The maximum atomic E-state index is 9.17. The number of aldehydes is 1. The van der Waals surface area contributed by atoms with Crippen LogP contribution in [0.5, 0.6) is 0 Å². The average Bonchev–Trinajstić information content (AvgIpc) is 1.65. The Morgan fingerprint density at radius 1 is 1.88 bits per heavy atom. The van der Waals surface area contributed by atoms with Gasteiger partial charge in [0, 0.05) is 0 Å². The van der Waals surface area contributed by atoms with Gasteiger partial charge >= 0.3 is 6.09 Å². The van der Waals surface area contributed by atoms with Crippen LogP contribution in [0, 0.1) is 0 Å². The first-order valence-corrected chi connectivity index (χ1v) is 3.15. The molecule has 0 unspecified atom stereocenters. The van der Waals surface area contributed by atoms with Crippen molar-refractivity contribution in [2.45, 2.75) is 0 Å². The van der Waals surface area contributed by atoms with Gasteiger partial charge < -0.3 is 15.6 Å². The van der Waals surface area contributed by atoms with E-state index in [1.807, 2.05) is 22.6 Å². The van der Waals surface area contributed by atoms with Crippen LogP contribution in [-0.4, -0.2) is 21.9 Å². The lowest BCUT2D eigenvalue weighted by Crippen LogP contribution is -2.03. The molecular formula is C3H6INO3. The van der Waals surface area contributed by atoms with E-state index >= 15 is 0 Å². The van der Waals surface area contributed by atoms with Crippen molar-refractivity contribution in [2.75, 3.05) is 4.43 Å². The molecule has 0 spiro atoms. The zero-order valence-electron chi connectivity index (χ0n) is 4.00. The highest BCUT2D eigenvalue weighted by atomic mass is 127. The van der Waals surface area contributed by atoms with E-state index in [1.54, 1.807) is 0 Å². The van der Waals surface area contributed by atoms with Crippen molar-refractivity contribution >= 4 is 35.0 Å². The van der Waals surface area contributed by atoms with Gasteiger partial charge in [0.05, 0.1) is 4.43 Å². The number of carbonyl (C=O) groups excluding carboxylic acids is 1. The fourth-order valence-electron chi connectivity index (χ4n) is 0. The Morgan fingerprint density at radius 3 is 2.00 bits per heavy atom. The van der Waals surface area contributed by atoms with Crippen LogP contribution in [0.25, 0.3) is 0 Å². The molecule has 0 rings (SSSR count). The summed E-state index contributed by atoms with van der Waals surface area (Å²) in [6.45, 7) is 0.